The molecule has 1 heterocycles. The van der Waals surface area contributed by atoms with E-state index >= 15 is 0 Å². The molecule has 2 aromatic rings. The zero-order valence-corrected chi connectivity index (χ0v) is 10.2. The van der Waals surface area contributed by atoms with Gasteiger partial charge in [0, 0.05) is 30.4 Å². The van der Waals surface area contributed by atoms with Gasteiger partial charge in [-0.2, -0.15) is 10.4 Å². The van der Waals surface area contributed by atoms with Crippen LogP contribution in [-0.2, 0) is 6.54 Å². The number of aryl methyl sites for hydroxylation is 1. The van der Waals surface area contributed by atoms with Crippen molar-refractivity contribution >= 4 is 5.69 Å². The summed E-state index contributed by atoms with van der Waals surface area (Å²) in [5.41, 5.74) is 8.67. The quantitative estimate of drug-likeness (QED) is 0.645. The van der Waals surface area contributed by atoms with Gasteiger partial charge in [0.25, 0.3) is 0 Å². The third kappa shape index (κ3) is 3.11. The van der Waals surface area contributed by atoms with Crippen molar-refractivity contribution in [1.29, 1.82) is 5.26 Å². The van der Waals surface area contributed by atoms with Gasteiger partial charge < -0.3 is 5.73 Å². The number of aromatic nitrogens is 2. The Balaban J connectivity index is 2.00. The van der Waals surface area contributed by atoms with E-state index in [-0.39, 0.29) is 0 Å². The molecule has 0 aliphatic heterocycles. The van der Waals surface area contributed by atoms with Crippen LogP contribution in [0.2, 0.25) is 0 Å². The number of anilines is 1. The number of hydrogen-bond donors (Lipinski definition) is 1. The molecule has 0 fully saturated rings. The predicted octanol–water partition coefficient (Wildman–Crippen LogP) is 2.83. The van der Waals surface area contributed by atoms with E-state index in [2.05, 4.69) is 11.2 Å². The second-order valence-corrected chi connectivity index (χ2v) is 4.23. The summed E-state index contributed by atoms with van der Waals surface area (Å²) >= 11 is 0. The minimum absolute atomic E-state index is 0.614. The van der Waals surface area contributed by atoms with E-state index in [0.717, 1.165) is 36.2 Å². The summed E-state index contributed by atoms with van der Waals surface area (Å²) in [6, 6.07) is 9.92. The lowest BCUT2D eigenvalue weighted by Gasteiger charge is -2.00. The fourth-order valence-electron chi connectivity index (χ4n) is 1.83. The van der Waals surface area contributed by atoms with E-state index in [1.165, 1.54) is 0 Å². The van der Waals surface area contributed by atoms with Gasteiger partial charge in [0.15, 0.2) is 0 Å². The number of rotatable bonds is 5. The lowest BCUT2D eigenvalue weighted by molar-refractivity contribution is 0.562. The van der Waals surface area contributed by atoms with Gasteiger partial charge in [-0.3, -0.25) is 4.68 Å². The smallest absolute Gasteiger partial charge is 0.0621 e. The molecule has 4 nitrogen and oxygen atoms in total. The molecule has 0 aliphatic carbocycles. The van der Waals surface area contributed by atoms with Crippen molar-refractivity contribution in [3.05, 3.63) is 36.7 Å². The Morgan fingerprint density at radius 1 is 1.28 bits per heavy atom. The minimum atomic E-state index is 0.614. The van der Waals surface area contributed by atoms with Crippen molar-refractivity contribution in [3.8, 4) is 17.2 Å². The van der Waals surface area contributed by atoms with E-state index in [1.54, 1.807) is 0 Å². The summed E-state index contributed by atoms with van der Waals surface area (Å²) in [6.45, 7) is 0.851. The van der Waals surface area contributed by atoms with Gasteiger partial charge >= 0.3 is 0 Å². The Bertz CT molecular complexity index is 551. The molecule has 2 N–H and O–H groups in total. The van der Waals surface area contributed by atoms with Gasteiger partial charge in [0.2, 0.25) is 0 Å². The van der Waals surface area contributed by atoms with Crippen LogP contribution in [0.15, 0.2) is 36.7 Å². The molecule has 4 heteroatoms. The first-order valence-electron chi connectivity index (χ1n) is 6.05. The van der Waals surface area contributed by atoms with Crippen LogP contribution in [0.3, 0.4) is 0 Å². The summed E-state index contributed by atoms with van der Waals surface area (Å²) in [5.74, 6) is 0. The third-order valence-electron chi connectivity index (χ3n) is 2.78. The monoisotopic (exact) mass is 240 g/mol. The summed E-state index contributed by atoms with van der Waals surface area (Å²) < 4.78 is 1.91. The second-order valence-electron chi connectivity index (χ2n) is 4.23. The number of nitrogen functional groups attached to an aromatic ring is 1. The Morgan fingerprint density at radius 2 is 2.17 bits per heavy atom. The van der Waals surface area contributed by atoms with Crippen molar-refractivity contribution < 1.29 is 0 Å². The van der Waals surface area contributed by atoms with Gasteiger partial charge in [-0.05, 0) is 30.5 Å². The van der Waals surface area contributed by atoms with E-state index in [4.69, 9.17) is 11.0 Å². The summed E-state index contributed by atoms with van der Waals surface area (Å²) in [6.07, 6.45) is 6.37. The van der Waals surface area contributed by atoms with Crippen molar-refractivity contribution in [2.24, 2.45) is 0 Å². The van der Waals surface area contributed by atoms with Crippen LogP contribution in [-0.4, -0.2) is 9.78 Å². The molecule has 0 saturated heterocycles. The SMILES string of the molecule is N#CCCCCn1cc(-c2cccc(N)c2)cn1. The van der Waals surface area contributed by atoms with Gasteiger partial charge in [0.1, 0.15) is 0 Å². The van der Waals surface area contributed by atoms with Crippen LogP contribution in [0.5, 0.6) is 0 Å². The Hall–Kier alpha value is -2.28. The number of benzene rings is 1. The highest BCUT2D eigenvalue weighted by Gasteiger charge is 2.01. The predicted molar refractivity (Wildman–Crippen MR) is 71.5 cm³/mol. The molecule has 0 amide bonds. The van der Waals surface area contributed by atoms with Crippen molar-refractivity contribution in [3.63, 3.8) is 0 Å². The molecular weight excluding hydrogens is 224 g/mol. The molecular formula is C14H16N4. The zero-order valence-electron chi connectivity index (χ0n) is 10.2. The molecule has 18 heavy (non-hydrogen) atoms. The molecule has 0 saturated carbocycles. The molecule has 1 aromatic carbocycles. The highest BCUT2D eigenvalue weighted by atomic mass is 15.3. The van der Waals surface area contributed by atoms with Crippen molar-refractivity contribution in [2.45, 2.75) is 25.8 Å². The lowest BCUT2D eigenvalue weighted by atomic mass is 10.1. The average Bonchev–Trinajstić information content (AvgIpc) is 2.83. The number of unbranched alkanes of at least 4 members (excludes halogenated alkanes) is 2. The van der Waals surface area contributed by atoms with E-state index in [1.807, 2.05) is 41.3 Å². The maximum atomic E-state index is 8.46. The zero-order chi connectivity index (χ0) is 12.8. The van der Waals surface area contributed by atoms with Gasteiger partial charge in [-0.25, -0.2) is 0 Å². The third-order valence-corrected chi connectivity index (χ3v) is 2.78. The van der Waals surface area contributed by atoms with Crippen LogP contribution in [0.25, 0.3) is 11.1 Å². The summed E-state index contributed by atoms with van der Waals surface area (Å²) in [7, 11) is 0. The molecule has 0 spiro atoms. The van der Waals surface area contributed by atoms with Crippen molar-refractivity contribution in [2.75, 3.05) is 5.73 Å². The number of nitrogens with zero attached hydrogens (tertiary/aromatic N) is 3. The number of nitrogens with two attached hydrogens (primary N) is 1. The maximum Gasteiger partial charge on any atom is 0.0621 e. The molecule has 0 aliphatic rings. The molecule has 1 aromatic heterocycles. The van der Waals surface area contributed by atoms with Crippen LogP contribution in [0.1, 0.15) is 19.3 Å². The van der Waals surface area contributed by atoms with Crippen LogP contribution in [0.4, 0.5) is 5.69 Å². The summed E-state index contributed by atoms with van der Waals surface area (Å²) in [5, 5.41) is 12.8. The molecule has 2 rings (SSSR count). The highest BCUT2D eigenvalue weighted by molar-refractivity contribution is 5.65. The number of hydrogen-bond acceptors (Lipinski definition) is 3. The lowest BCUT2D eigenvalue weighted by Crippen LogP contribution is -1.97. The fraction of sp³-hybridized carbons (Fsp3) is 0.286. The van der Waals surface area contributed by atoms with Crippen LogP contribution in [0, 0.1) is 11.3 Å². The number of nitriles is 1. The maximum absolute atomic E-state index is 8.46. The fourth-order valence-corrected chi connectivity index (χ4v) is 1.83. The molecule has 0 radical (unpaired) electrons. The average molecular weight is 240 g/mol. The normalized spacial score (nSPS) is 10.2. The largest absolute Gasteiger partial charge is 0.399 e. The minimum Gasteiger partial charge on any atom is -0.399 e. The van der Waals surface area contributed by atoms with E-state index in [9.17, 15) is 0 Å². The van der Waals surface area contributed by atoms with E-state index in [0.29, 0.717) is 6.42 Å². The first-order valence-corrected chi connectivity index (χ1v) is 6.05. The Morgan fingerprint density at radius 3 is 2.94 bits per heavy atom. The van der Waals surface area contributed by atoms with Crippen LogP contribution >= 0.6 is 0 Å². The van der Waals surface area contributed by atoms with Crippen LogP contribution < -0.4 is 5.73 Å². The van der Waals surface area contributed by atoms with Gasteiger partial charge in [0.05, 0.1) is 12.3 Å². The Labute approximate surface area is 107 Å². The molecule has 0 atom stereocenters. The van der Waals surface area contributed by atoms with E-state index < -0.39 is 0 Å². The van der Waals surface area contributed by atoms with Gasteiger partial charge in [-0.1, -0.05) is 12.1 Å². The topological polar surface area (TPSA) is 67.6 Å². The first kappa shape index (κ1) is 12.2. The molecule has 0 unspecified atom stereocenters. The molecule has 0 bridgehead atoms. The van der Waals surface area contributed by atoms with Gasteiger partial charge in [-0.15, -0.1) is 0 Å². The molecule has 92 valence electrons. The summed E-state index contributed by atoms with van der Waals surface area (Å²) in [4.78, 5) is 0. The second kappa shape index (κ2) is 5.87. The highest BCUT2D eigenvalue weighted by Crippen LogP contribution is 2.20. The first-order chi connectivity index (χ1) is 8.79. The Kier molecular flexibility index (Phi) is 3.98. The standard InChI is InChI=1S/C14H16N4/c15-7-2-1-3-8-18-11-13(10-17-18)12-5-4-6-14(16)9-12/h4-6,9-11H,1-3,8,16H2. The van der Waals surface area contributed by atoms with Crippen molar-refractivity contribution in [1.82, 2.24) is 9.78 Å².